The van der Waals surface area contributed by atoms with Gasteiger partial charge in [0.05, 0.1) is 0 Å². The lowest BCUT2D eigenvalue weighted by Crippen LogP contribution is -2.31. The molecular weight excluding hydrogens is 253 g/mol. The van der Waals surface area contributed by atoms with Crippen LogP contribution in [0.2, 0.25) is 0 Å². The van der Waals surface area contributed by atoms with Crippen LogP contribution in [0, 0.1) is 12.7 Å². The number of carbonyl (C=O) groups excluding carboxylic acids is 1. The highest BCUT2D eigenvalue weighted by Crippen LogP contribution is 2.08. The van der Waals surface area contributed by atoms with Crippen molar-refractivity contribution in [2.45, 2.75) is 26.5 Å². The SMILES string of the molecule is Cc1cc(CNC(=O)COC(C)C(=O)O)ccc1F. The lowest BCUT2D eigenvalue weighted by atomic mass is 10.1. The van der Waals surface area contributed by atoms with Crippen LogP contribution in [-0.4, -0.2) is 29.7 Å². The molecule has 6 heteroatoms. The van der Waals surface area contributed by atoms with Crippen molar-refractivity contribution in [1.29, 1.82) is 0 Å². The van der Waals surface area contributed by atoms with Gasteiger partial charge in [-0.25, -0.2) is 9.18 Å². The van der Waals surface area contributed by atoms with Gasteiger partial charge in [0.15, 0.2) is 6.10 Å². The van der Waals surface area contributed by atoms with Crippen LogP contribution in [0.25, 0.3) is 0 Å². The van der Waals surface area contributed by atoms with Gasteiger partial charge in [-0.15, -0.1) is 0 Å². The van der Waals surface area contributed by atoms with Crippen molar-refractivity contribution in [1.82, 2.24) is 5.32 Å². The highest BCUT2D eigenvalue weighted by atomic mass is 19.1. The lowest BCUT2D eigenvalue weighted by molar-refractivity contribution is -0.150. The largest absolute Gasteiger partial charge is 0.479 e. The van der Waals surface area contributed by atoms with E-state index in [-0.39, 0.29) is 19.0 Å². The molecule has 0 aliphatic heterocycles. The Morgan fingerprint density at radius 2 is 2.16 bits per heavy atom. The molecule has 0 aromatic heterocycles. The zero-order valence-electron chi connectivity index (χ0n) is 10.8. The second-order valence-electron chi connectivity index (χ2n) is 4.15. The molecule has 0 bridgehead atoms. The number of carbonyl (C=O) groups is 2. The van der Waals surface area contributed by atoms with E-state index >= 15 is 0 Å². The molecule has 1 amide bonds. The summed E-state index contributed by atoms with van der Waals surface area (Å²) in [4.78, 5) is 21.9. The van der Waals surface area contributed by atoms with E-state index in [1.807, 2.05) is 0 Å². The van der Waals surface area contributed by atoms with Crippen molar-refractivity contribution in [3.63, 3.8) is 0 Å². The summed E-state index contributed by atoms with van der Waals surface area (Å²) in [6, 6.07) is 4.54. The van der Waals surface area contributed by atoms with Gasteiger partial charge in [-0.1, -0.05) is 12.1 Å². The molecule has 1 unspecified atom stereocenters. The Morgan fingerprint density at radius 1 is 1.47 bits per heavy atom. The van der Waals surface area contributed by atoms with Gasteiger partial charge in [-0.3, -0.25) is 4.79 Å². The van der Waals surface area contributed by atoms with E-state index in [0.29, 0.717) is 5.56 Å². The molecule has 0 saturated heterocycles. The van der Waals surface area contributed by atoms with Crippen molar-refractivity contribution >= 4 is 11.9 Å². The number of rotatable bonds is 6. The minimum absolute atomic E-state index is 0.241. The Morgan fingerprint density at radius 3 is 2.74 bits per heavy atom. The van der Waals surface area contributed by atoms with Crippen LogP contribution in [0.4, 0.5) is 4.39 Å². The first kappa shape index (κ1) is 15.1. The molecule has 0 fully saturated rings. The predicted octanol–water partition coefficient (Wildman–Crippen LogP) is 1.24. The monoisotopic (exact) mass is 269 g/mol. The molecule has 0 aliphatic carbocycles. The summed E-state index contributed by atoms with van der Waals surface area (Å²) in [6.45, 7) is 2.90. The highest BCUT2D eigenvalue weighted by Gasteiger charge is 2.13. The summed E-state index contributed by atoms with van der Waals surface area (Å²) in [5, 5.41) is 11.1. The summed E-state index contributed by atoms with van der Waals surface area (Å²) in [7, 11) is 0. The fraction of sp³-hybridized carbons (Fsp3) is 0.385. The van der Waals surface area contributed by atoms with E-state index in [4.69, 9.17) is 9.84 Å². The number of carboxylic acid groups (broad SMARTS) is 1. The summed E-state index contributed by atoms with van der Waals surface area (Å²) >= 11 is 0. The van der Waals surface area contributed by atoms with Crippen molar-refractivity contribution in [3.05, 3.63) is 35.1 Å². The Labute approximate surface area is 110 Å². The number of hydrogen-bond donors (Lipinski definition) is 2. The van der Waals surface area contributed by atoms with Gasteiger partial charge in [0.1, 0.15) is 12.4 Å². The van der Waals surface area contributed by atoms with Crippen LogP contribution in [0.15, 0.2) is 18.2 Å². The Hall–Kier alpha value is -1.95. The second-order valence-corrected chi connectivity index (χ2v) is 4.15. The van der Waals surface area contributed by atoms with Crippen molar-refractivity contribution in [3.8, 4) is 0 Å². The first-order valence-corrected chi connectivity index (χ1v) is 5.76. The number of aliphatic carboxylic acids is 1. The summed E-state index contributed by atoms with van der Waals surface area (Å²) in [5.41, 5.74) is 1.26. The van der Waals surface area contributed by atoms with Crippen LogP contribution < -0.4 is 5.32 Å². The maximum absolute atomic E-state index is 13.0. The van der Waals surface area contributed by atoms with Gasteiger partial charge < -0.3 is 15.2 Å². The van der Waals surface area contributed by atoms with E-state index in [1.165, 1.54) is 13.0 Å². The zero-order chi connectivity index (χ0) is 14.4. The standard InChI is InChI=1S/C13H16FNO4/c1-8-5-10(3-4-11(8)14)6-15-12(16)7-19-9(2)13(17)18/h3-5,9H,6-7H2,1-2H3,(H,15,16)(H,17,18). The summed E-state index contributed by atoms with van der Waals surface area (Å²) in [5.74, 6) is -1.84. The zero-order valence-corrected chi connectivity index (χ0v) is 10.8. The average Bonchev–Trinajstić information content (AvgIpc) is 2.37. The van der Waals surface area contributed by atoms with Crippen LogP contribution in [0.1, 0.15) is 18.1 Å². The van der Waals surface area contributed by atoms with Crippen molar-refractivity contribution in [2.75, 3.05) is 6.61 Å². The minimum atomic E-state index is -1.12. The van der Waals surface area contributed by atoms with Crippen LogP contribution in [-0.2, 0) is 20.9 Å². The van der Waals surface area contributed by atoms with E-state index < -0.39 is 18.0 Å². The first-order valence-electron chi connectivity index (χ1n) is 5.76. The molecule has 0 heterocycles. The smallest absolute Gasteiger partial charge is 0.332 e. The topological polar surface area (TPSA) is 75.6 Å². The molecule has 0 spiro atoms. The fourth-order valence-electron chi connectivity index (χ4n) is 1.34. The van der Waals surface area contributed by atoms with E-state index in [2.05, 4.69) is 5.32 Å². The number of hydrogen-bond acceptors (Lipinski definition) is 3. The third-order valence-corrected chi connectivity index (χ3v) is 2.52. The number of aryl methyl sites for hydroxylation is 1. The van der Waals surface area contributed by atoms with Crippen molar-refractivity contribution in [2.24, 2.45) is 0 Å². The minimum Gasteiger partial charge on any atom is -0.479 e. The van der Waals surface area contributed by atoms with Gasteiger partial charge >= 0.3 is 5.97 Å². The lowest BCUT2D eigenvalue weighted by Gasteiger charge is -2.09. The third-order valence-electron chi connectivity index (χ3n) is 2.52. The normalized spacial score (nSPS) is 11.9. The number of ether oxygens (including phenoxy) is 1. The maximum atomic E-state index is 13.0. The quantitative estimate of drug-likeness (QED) is 0.814. The van der Waals surface area contributed by atoms with E-state index in [0.717, 1.165) is 5.56 Å². The summed E-state index contributed by atoms with van der Waals surface area (Å²) in [6.07, 6.45) is -1.03. The molecule has 104 valence electrons. The molecule has 2 N–H and O–H groups in total. The average molecular weight is 269 g/mol. The van der Waals surface area contributed by atoms with Crippen molar-refractivity contribution < 1.29 is 23.8 Å². The third kappa shape index (κ3) is 5.05. The number of halogens is 1. The maximum Gasteiger partial charge on any atom is 0.332 e. The number of amides is 1. The molecule has 1 aromatic carbocycles. The van der Waals surface area contributed by atoms with Gasteiger partial charge in [0, 0.05) is 6.54 Å². The van der Waals surface area contributed by atoms with E-state index in [1.54, 1.807) is 19.1 Å². The molecule has 0 radical (unpaired) electrons. The molecule has 5 nitrogen and oxygen atoms in total. The van der Waals surface area contributed by atoms with Crippen LogP contribution in [0.3, 0.4) is 0 Å². The van der Waals surface area contributed by atoms with Crippen LogP contribution in [0.5, 0.6) is 0 Å². The summed E-state index contributed by atoms with van der Waals surface area (Å²) < 4.78 is 17.8. The molecule has 1 atom stereocenters. The Kier molecular flexibility index (Phi) is 5.44. The number of benzene rings is 1. The molecule has 0 saturated carbocycles. The van der Waals surface area contributed by atoms with Crippen LogP contribution >= 0.6 is 0 Å². The molecule has 1 rings (SSSR count). The molecule has 19 heavy (non-hydrogen) atoms. The Bertz CT molecular complexity index is 476. The number of nitrogens with one attached hydrogen (secondary N) is 1. The predicted molar refractivity (Wildman–Crippen MR) is 66.0 cm³/mol. The fourth-order valence-corrected chi connectivity index (χ4v) is 1.34. The second kappa shape index (κ2) is 6.84. The molecular formula is C13H16FNO4. The van der Waals surface area contributed by atoms with E-state index in [9.17, 15) is 14.0 Å². The van der Waals surface area contributed by atoms with Gasteiger partial charge in [0.25, 0.3) is 0 Å². The molecule has 0 aliphatic rings. The first-order chi connectivity index (χ1) is 8.90. The highest BCUT2D eigenvalue weighted by molar-refractivity contribution is 5.78. The van der Waals surface area contributed by atoms with Gasteiger partial charge in [-0.2, -0.15) is 0 Å². The molecule has 1 aromatic rings. The van der Waals surface area contributed by atoms with Gasteiger partial charge in [-0.05, 0) is 31.0 Å². The Balaban J connectivity index is 2.37. The number of carboxylic acids is 1. The van der Waals surface area contributed by atoms with Gasteiger partial charge in [0.2, 0.25) is 5.91 Å².